The van der Waals surface area contributed by atoms with Gasteiger partial charge in [0.25, 0.3) is 5.69 Å². The van der Waals surface area contributed by atoms with E-state index in [1.54, 1.807) is 0 Å². The monoisotopic (exact) mass is 372 g/mol. The number of esters is 1. The fourth-order valence-electron chi connectivity index (χ4n) is 2.72. The lowest BCUT2D eigenvalue weighted by Gasteiger charge is -2.24. The molecule has 0 amide bonds. The van der Waals surface area contributed by atoms with Crippen LogP contribution in [-0.4, -0.2) is 46.7 Å². The molecule has 0 aromatic heterocycles. The Balaban J connectivity index is 1.84. The van der Waals surface area contributed by atoms with Crippen LogP contribution in [0.2, 0.25) is 0 Å². The predicted octanol–water partition coefficient (Wildman–Crippen LogP) is 3.02. The summed E-state index contributed by atoms with van der Waals surface area (Å²) in [5.41, 5.74) is 1.27. The van der Waals surface area contributed by atoms with Crippen LogP contribution < -0.4 is 0 Å². The van der Waals surface area contributed by atoms with E-state index < -0.39 is 17.0 Å². The van der Waals surface area contributed by atoms with Gasteiger partial charge in [-0.15, -0.1) is 0 Å². The number of ether oxygens (including phenoxy) is 1. The summed E-state index contributed by atoms with van der Waals surface area (Å²) >= 11 is 0. The third-order valence-corrected chi connectivity index (χ3v) is 3.98. The molecule has 2 aromatic rings. The second-order valence-corrected chi connectivity index (χ2v) is 6.28. The Morgan fingerprint density at radius 3 is 2.44 bits per heavy atom. The van der Waals surface area contributed by atoms with E-state index in [0.717, 1.165) is 18.5 Å². The number of aliphatic hydroxyl groups excluding tert-OH is 1. The first-order valence-electron chi connectivity index (χ1n) is 8.85. The minimum Gasteiger partial charge on any atom is -0.459 e. The zero-order valence-corrected chi connectivity index (χ0v) is 15.3. The summed E-state index contributed by atoms with van der Waals surface area (Å²) in [6.45, 7) is 3.85. The van der Waals surface area contributed by atoms with Gasteiger partial charge in [0.15, 0.2) is 0 Å². The Kier molecular flexibility index (Phi) is 7.91. The van der Waals surface area contributed by atoms with Crippen molar-refractivity contribution >= 4 is 11.7 Å². The summed E-state index contributed by atoms with van der Waals surface area (Å²) < 4.78 is 5.13. The zero-order chi connectivity index (χ0) is 19.6. The van der Waals surface area contributed by atoms with Gasteiger partial charge >= 0.3 is 5.97 Å². The highest BCUT2D eigenvalue weighted by molar-refractivity contribution is 5.89. The van der Waals surface area contributed by atoms with Crippen LogP contribution in [0.15, 0.2) is 54.6 Å². The lowest BCUT2D eigenvalue weighted by Crippen LogP contribution is -2.35. The van der Waals surface area contributed by atoms with E-state index in [1.807, 2.05) is 30.3 Å². The van der Waals surface area contributed by atoms with Crippen LogP contribution in [0, 0.1) is 10.1 Å². The van der Waals surface area contributed by atoms with Crippen molar-refractivity contribution < 1.29 is 19.6 Å². The Morgan fingerprint density at radius 2 is 1.85 bits per heavy atom. The fraction of sp³-hybridized carbons (Fsp3) is 0.350. The van der Waals surface area contributed by atoms with E-state index in [2.05, 4.69) is 11.8 Å². The molecule has 0 radical (unpaired) electrons. The summed E-state index contributed by atoms with van der Waals surface area (Å²) in [6.07, 6.45) is 0.129. The van der Waals surface area contributed by atoms with Crippen molar-refractivity contribution in [2.45, 2.75) is 26.0 Å². The Morgan fingerprint density at radius 1 is 1.19 bits per heavy atom. The van der Waals surface area contributed by atoms with Gasteiger partial charge in [0.1, 0.15) is 12.7 Å². The molecule has 0 aliphatic carbocycles. The smallest absolute Gasteiger partial charge is 0.338 e. The lowest BCUT2D eigenvalue weighted by atomic mass is 10.2. The molecule has 1 N–H and O–H groups in total. The quantitative estimate of drug-likeness (QED) is 0.391. The third-order valence-electron chi connectivity index (χ3n) is 3.98. The highest BCUT2D eigenvalue weighted by atomic mass is 16.6. The molecule has 144 valence electrons. The summed E-state index contributed by atoms with van der Waals surface area (Å²) in [5.74, 6) is -0.617. The number of non-ortho nitro benzene ring substituents is 1. The van der Waals surface area contributed by atoms with Crippen molar-refractivity contribution in [3.8, 4) is 0 Å². The van der Waals surface area contributed by atoms with Gasteiger partial charge in [-0.1, -0.05) is 37.3 Å². The van der Waals surface area contributed by atoms with Gasteiger partial charge < -0.3 is 9.84 Å². The lowest BCUT2D eigenvalue weighted by molar-refractivity contribution is -0.384. The molecule has 2 aromatic carbocycles. The van der Waals surface area contributed by atoms with Gasteiger partial charge in [0.2, 0.25) is 0 Å². The van der Waals surface area contributed by atoms with Crippen molar-refractivity contribution in [1.29, 1.82) is 0 Å². The van der Waals surface area contributed by atoms with Crippen molar-refractivity contribution in [3.63, 3.8) is 0 Å². The highest BCUT2D eigenvalue weighted by Crippen LogP contribution is 2.13. The van der Waals surface area contributed by atoms with Crippen LogP contribution in [0.4, 0.5) is 5.69 Å². The number of hydrogen-bond acceptors (Lipinski definition) is 6. The molecule has 0 spiro atoms. The summed E-state index contributed by atoms with van der Waals surface area (Å²) in [5, 5.41) is 20.9. The van der Waals surface area contributed by atoms with E-state index in [4.69, 9.17) is 4.74 Å². The standard InChI is InChI=1S/C20H24N2O5/c1-2-12-21(13-16-6-4-3-5-7-16)14-19(23)15-27-20(24)17-8-10-18(11-9-17)22(25)26/h3-11,19,23H,2,12-15H2,1H3. The maximum absolute atomic E-state index is 12.0. The molecule has 0 heterocycles. The summed E-state index contributed by atoms with van der Waals surface area (Å²) in [4.78, 5) is 24.2. The molecule has 0 aliphatic rings. The summed E-state index contributed by atoms with van der Waals surface area (Å²) in [7, 11) is 0. The van der Waals surface area contributed by atoms with E-state index in [-0.39, 0.29) is 17.9 Å². The molecule has 2 rings (SSSR count). The molecule has 27 heavy (non-hydrogen) atoms. The van der Waals surface area contributed by atoms with Gasteiger partial charge in [0.05, 0.1) is 10.5 Å². The van der Waals surface area contributed by atoms with Crippen molar-refractivity contribution in [2.24, 2.45) is 0 Å². The van der Waals surface area contributed by atoms with E-state index in [0.29, 0.717) is 13.1 Å². The normalized spacial score (nSPS) is 12.0. The number of nitrogens with zero attached hydrogens (tertiary/aromatic N) is 2. The van der Waals surface area contributed by atoms with Gasteiger partial charge in [-0.05, 0) is 30.7 Å². The van der Waals surface area contributed by atoms with Crippen molar-refractivity contribution in [3.05, 3.63) is 75.8 Å². The van der Waals surface area contributed by atoms with E-state index in [1.165, 1.54) is 24.3 Å². The van der Waals surface area contributed by atoms with Crippen molar-refractivity contribution in [1.82, 2.24) is 4.90 Å². The summed E-state index contributed by atoms with van der Waals surface area (Å²) in [6, 6.07) is 15.1. The first-order valence-corrected chi connectivity index (χ1v) is 8.85. The maximum atomic E-state index is 12.0. The second-order valence-electron chi connectivity index (χ2n) is 6.28. The average Bonchev–Trinajstić information content (AvgIpc) is 2.67. The minimum atomic E-state index is -0.817. The second kappa shape index (κ2) is 10.4. The Labute approximate surface area is 158 Å². The van der Waals surface area contributed by atoms with Crippen LogP contribution in [-0.2, 0) is 11.3 Å². The number of hydrogen-bond donors (Lipinski definition) is 1. The number of rotatable bonds is 10. The first-order chi connectivity index (χ1) is 13.0. The number of carbonyl (C=O) groups is 1. The number of nitro groups is 1. The predicted molar refractivity (Wildman–Crippen MR) is 101 cm³/mol. The molecule has 0 fully saturated rings. The van der Waals surface area contributed by atoms with Gasteiger partial charge in [-0.25, -0.2) is 4.79 Å². The number of nitro benzene ring substituents is 1. The molecule has 0 aliphatic heterocycles. The molecule has 7 heteroatoms. The van der Waals surface area contributed by atoms with E-state index in [9.17, 15) is 20.0 Å². The van der Waals surface area contributed by atoms with Crippen LogP contribution in [0.3, 0.4) is 0 Å². The van der Waals surface area contributed by atoms with Gasteiger partial charge in [0, 0.05) is 25.2 Å². The fourth-order valence-corrected chi connectivity index (χ4v) is 2.72. The minimum absolute atomic E-state index is 0.0947. The number of benzene rings is 2. The molecule has 0 saturated heterocycles. The third kappa shape index (κ3) is 6.80. The highest BCUT2D eigenvalue weighted by Gasteiger charge is 2.16. The van der Waals surface area contributed by atoms with Gasteiger partial charge in [-0.2, -0.15) is 0 Å². The van der Waals surface area contributed by atoms with Crippen LogP contribution >= 0.6 is 0 Å². The van der Waals surface area contributed by atoms with Crippen LogP contribution in [0.1, 0.15) is 29.3 Å². The molecular weight excluding hydrogens is 348 g/mol. The van der Waals surface area contributed by atoms with Crippen LogP contribution in [0.25, 0.3) is 0 Å². The molecule has 1 atom stereocenters. The first kappa shape index (κ1) is 20.5. The molecule has 1 unspecified atom stereocenters. The molecule has 0 saturated carbocycles. The van der Waals surface area contributed by atoms with Gasteiger partial charge in [-0.3, -0.25) is 15.0 Å². The van der Waals surface area contributed by atoms with Crippen molar-refractivity contribution in [2.75, 3.05) is 19.7 Å². The topological polar surface area (TPSA) is 92.9 Å². The molecular formula is C20H24N2O5. The molecule has 0 bridgehead atoms. The maximum Gasteiger partial charge on any atom is 0.338 e. The van der Waals surface area contributed by atoms with E-state index >= 15 is 0 Å². The SMILES string of the molecule is CCCN(Cc1ccccc1)CC(O)COC(=O)c1ccc([N+](=O)[O-])cc1. The average molecular weight is 372 g/mol. The number of carbonyl (C=O) groups excluding carboxylic acids is 1. The largest absolute Gasteiger partial charge is 0.459 e. The Bertz CT molecular complexity index is 734. The Hall–Kier alpha value is -2.77. The van der Waals surface area contributed by atoms with Crippen LogP contribution in [0.5, 0.6) is 0 Å². The zero-order valence-electron chi connectivity index (χ0n) is 15.3. The number of aliphatic hydroxyl groups is 1. The molecule has 7 nitrogen and oxygen atoms in total.